The fourth-order valence-corrected chi connectivity index (χ4v) is 5.61. The first-order chi connectivity index (χ1) is 20.8. The molecule has 1 fully saturated rings. The van der Waals surface area contributed by atoms with Crippen molar-refractivity contribution in [2.75, 3.05) is 6.54 Å². The molecule has 0 unspecified atom stereocenters. The van der Waals surface area contributed by atoms with Crippen LogP contribution in [0.3, 0.4) is 0 Å². The predicted octanol–water partition coefficient (Wildman–Crippen LogP) is 8.41. The number of carbonyl (C=O) groups is 2. The lowest BCUT2D eigenvalue weighted by Gasteiger charge is -2.25. The molecule has 0 aliphatic carbocycles. The number of nitrogens with zero attached hydrogens (tertiary/aromatic N) is 3. The van der Waals surface area contributed by atoms with Crippen molar-refractivity contribution in [2.45, 2.75) is 103 Å². The molecule has 0 bridgehead atoms. The summed E-state index contributed by atoms with van der Waals surface area (Å²) in [5.74, 6) is -2.05. The second-order valence-corrected chi connectivity index (χ2v) is 11.2. The topological polar surface area (TPSA) is 144 Å². The summed E-state index contributed by atoms with van der Waals surface area (Å²) in [6, 6.07) is 9.69. The lowest BCUT2D eigenvalue weighted by molar-refractivity contribution is -0.385. The molecule has 0 aromatic heterocycles. The number of unbranched alkanes of at least 4 members (excludes halogenated alkanes) is 13. The van der Waals surface area contributed by atoms with Crippen molar-refractivity contribution in [3.8, 4) is 0 Å². The zero-order chi connectivity index (χ0) is 31.2. The molecule has 1 N–H and O–H groups in total. The second kappa shape index (κ2) is 17.1. The van der Waals surface area contributed by atoms with Crippen LogP contribution >= 0.6 is 0 Å². The number of carbonyl (C=O) groups excluding carboxylic acids is 2. The minimum atomic E-state index is -0.932. The molecule has 3 rings (SSSR count). The predicted molar refractivity (Wildman–Crippen MR) is 166 cm³/mol. The SMILES string of the molecule is CCCCCCCCCCCCCCCCN1C(=O)C(=O)/C(=C(/O)c2ccc([N+](=O)[O-])cc2)[C@@H]1c1ccc([N+](=O)[O-])cc1. The van der Waals surface area contributed by atoms with Crippen LogP contribution in [0.15, 0.2) is 54.1 Å². The number of aliphatic hydroxyl groups excluding tert-OH is 1. The highest BCUT2D eigenvalue weighted by atomic mass is 16.6. The van der Waals surface area contributed by atoms with Gasteiger partial charge in [-0.05, 0) is 36.2 Å². The van der Waals surface area contributed by atoms with Crippen LogP contribution < -0.4 is 0 Å². The summed E-state index contributed by atoms with van der Waals surface area (Å²) < 4.78 is 0. The van der Waals surface area contributed by atoms with Crippen molar-refractivity contribution in [1.82, 2.24) is 4.90 Å². The van der Waals surface area contributed by atoms with E-state index in [0.717, 1.165) is 19.3 Å². The van der Waals surface area contributed by atoms with E-state index in [1.165, 1.54) is 118 Å². The first-order valence-corrected chi connectivity index (χ1v) is 15.5. The summed E-state index contributed by atoms with van der Waals surface area (Å²) in [5.41, 5.74) is 0.161. The lowest BCUT2D eigenvalue weighted by atomic mass is 9.95. The number of nitro groups is 2. The van der Waals surface area contributed by atoms with Crippen molar-refractivity contribution in [3.63, 3.8) is 0 Å². The molecule has 2 aromatic rings. The highest BCUT2D eigenvalue weighted by Gasteiger charge is 2.45. The fraction of sp³-hybridized carbons (Fsp3) is 0.515. The van der Waals surface area contributed by atoms with Crippen molar-refractivity contribution >= 4 is 28.8 Å². The van der Waals surface area contributed by atoms with Gasteiger partial charge in [0, 0.05) is 36.4 Å². The molecule has 1 saturated heterocycles. The largest absolute Gasteiger partial charge is 0.507 e. The van der Waals surface area contributed by atoms with E-state index < -0.39 is 33.3 Å². The highest BCUT2D eigenvalue weighted by Crippen LogP contribution is 2.40. The molecule has 1 aliphatic heterocycles. The van der Waals surface area contributed by atoms with Gasteiger partial charge in [0.15, 0.2) is 0 Å². The van der Waals surface area contributed by atoms with Gasteiger partial charge in [0.1, 0.15) is 5.76 Å². The Bertz CT molecular complexity index is 1270. The Balaban J connectivity index is 1.62. The number of amides is 1. The van der Waals surface area contributed by atoms with Gasteiger partial charge in [-0.1, -0.05) is 90.4 Å². The molecule has 232 valence electrons. The molecule has 2 aromatic carbocycles. The number of hydrogen-bond acceptors (Lipinski definition) is 7. The van der Waals surface area contributed by atoms with Gasteiger partial charge in [-0.3, -0.25) is 29.8 Å². The minimum absolute atomic E-state index is 0.136. The zero-order valence-electron chi connectivity index (χ0n) is 25.0. The maximum Gasteiger partial charge on any atom is 0.295 e. The van der Waals surface area contributed by atoms with Crippen LogP contribution in [0.1, 0.15) is 114 Å². The molecule has 1 aliphatic rings. The Morgan fingerprint density at radius 2 is 1.12 bits per heavy atom. The molecule has 0 spiro atoms. The Kier molecular flexibility index (Phi) is 13.3. The monoisotopic (exact) mass is 593 g/mol. The Morgan fingerprint density at radius 3 is 1.56 bits per heavy atom. The molecular weight excluding hydrogens is 550 g/mol. The molecule has 10 heteroatoms. The summed E-state index contributed by atoms with van der Waals surface area (Å²) >= 11 is 0. The summed E-state index contributed by atoms with van der Waals surface area (Å²) in [5, 5.41) is 33.4. The van der Waals surface area contributed by atoms with Gasteiger partial charge in [-0.15, -0.1) is 0 Å². The third kappa shape index (κ3) is 9.46. The first kappa shape index (κ1) is 33.4. The molecule has 1 heterocycles. The summed E-state index contributed by atoms with van der Waals surface area (Å²) in [6.07, 6.45) is 16.6. The number of non-ortho nitro benzene ring substituents is 2. The molecule has 43 heavy (non-hydrogen) atoms. The van der Waals surface area contributed by atoms with Crippen LogP contribution in [0.4, 0.5) is 11.4 Å². The fourth-order valence-electron chi connectivity index (χ4n) is 5.61. The Labute approximate surface area is 253 Å². The standard InChI is InChI=1S/C33H43N3O7/c1-2-3-4-5-6-7-8-9-10-11-12-13-14-15-24-34-30(25-16-20-27(21-17-25)35(40)41)29(32(38)33(34)39)31(37)26-18-22-28(23-19-26)36(42)43/h16-23,30,37H,2-15,24H2,1H3/b31-29+/t30-/m0/s1. The number of benzene rings is 2. The highest BCUT2D eigenvalue weighted by molar-refractivity contribution is 6.46. The van der Waals surface area contributed by atoms with Crippen LogP contribution in [0.5, 0.6) is 0 Å². The van der Waals surface area contributed by atoms with E-state index in [1.54, 1.807) is 0 Å². The third-order valence-corrected chi connectivity index (χ3v) is 8.06. The normalized spacial score (nSPS) is 16.1. The molecule has 0 saturated carbocycles. The van der Waals surface area contributed by atoms with Crippen LogP contribution in [0, 0.1) is 20.2 Å². The van der Waals surface area contributed by atoms with Gasteiger partial charge < -0.3 is 10.0 Å². The average Bonchev–Trinajstić information content (AvgIpc) is 3.26. The zero-order valence-corrected chi connectivity index (χ0v) is 25.0. The van der Waals surface area contributed by atoms with E-state index in [4.69, 9.17) is 0 Å². The quantitative estimate of drug-likeness (QED) is 0.0430. The van der Waals surface area contributed by atoms with Crippen molar-refractivity contribution in [2.24, 2.45) is 0 Å². The number of aliphatic hydroxyl groups is 1. The molecule has 1 atom stereocenters. The van der Waals surface area contributed by atoms with Crippen molar-refractivity contribution in [3.05, 3.63) is 85.5 Å². The summed E-state index contributed by atoms with van der Waals surface area (Å²) in [7, 11) is 0. The lowest BCUT2D eigenvalue weighted by Crippen LogP contribution is -2.30. The number of rotatable bonds is 19. The van der Waals surface area contributed by atoms with Crippen molar-refractivity contribution in [1.29, 1.82) is 0 Å². The van der Waals surface area contributed by atoms with Crippen LogP contribution in [-0.2, 0) is 9.59 Å². The van der Waals surface area contributed by atoms with E-state index in [-0.39, 0.29) is 22.5 Å². The average molecular weight is 594 g/mol. The van der Waals surface area contributed by atoms with Crippen molar-refractivity contribution < 1.29 is 24.5 Å². The third-order valence-electron chi connectivity index (χ3n) is 8.06. The van der Waals surface area contributed by atoms with Gasteiger partial charge in [0.05, 0.1) is 21.5 Å². The minimum Gasteiger partial charge on any atom is -0.507 e. The number of hydrogen-bond donors (Lipinski definition) is 1. The molecule has 10 nitrogen and oxygen atoms in total. The smallest absolute Gasteiger partial charge is 0.295 e. The van der Waals surface area contributed by atoms with E-state index >= 15 is 0 Å². The van der Waals surface area contributed by atoms with Gasteiger partial charge in [-0.25, -0.2) is 0 Å². The van der Waals surface area contributed by atoms with Gasteiger partial charge in [0.2, 0.25) is 0 Å². The molecule has 1 amide bonds. The number of Topliss-reactive ketones (excluding diaryl/α,β-unsaturated/α-hetero) is 1. The maximum absolute atomic E-state index is 13.2. The van der Waals surface area contributed by atoms with Gasteiger partial charge in [-0.2, -0.15) is 0 Å². The van der Waals surface area contributed by atoms with Crippen LogP contribution in [0.2, 0.25) is 0 Å². The Hall–Kier alpha value is -4.08. The number of nitro benzene ring substituents is 2. The maximum atomic E-state index is 13.2. The second-order valence-electron chi connectivity index (χ2n) is 11.2. The van der Waals surface area contributed by atoms with Crippen LogP contribution in [-0.4, -0.2) is 38.1 Å². The van der Waals surface area contributed by atoms with E-state index in [9.17, 15) is 34.9 Å². The first-order valence-electron chi connectivity index (χ1n) is 15.5. The number of likely N-dealkylation sites (tertiary alicyclic amines) is 1. The summed E-state index contributed by atoms with van der Waals surface area (Å²) in [4.78, 5) is 48.9. The Morgan fingerprint density at radius 1 is 0.698 bits per heavy atom. The summed E-state index contributed by atoms with van der Waals surface area (Å²) in [6.45, 7) is 2.53. The number of ketones is 1. The van der Waals surface area contributed by atoms with E-state index in [0.29, 0.717) is 18.5 Å². The van der Waals surface area contributed by atoms with Gasteiger partial charge in [0.25, 0.3) is 23.1 Å². The molecule has 0 radical (unpaired) electrons. The van der Waals surface area contributed by atoms with E-state index in [1.807, 2.05) is 0 Å². The molecular formula is C33H43N3O7. The van der Waals surface area contributed by atoms with Crippen LogP contribution in [0.25, 0.3) is 5.76 Å². The van der Waals surface area contributed by atoms with Gasteiger partial charge >= 0.3 is 0 Å². The van der Waals surface area contributed by atoms with E-state index in [2.05, 4.69) is 6.92 Å².